The molecular weight excluding hydrogens is 232 g/mol. The molecule has 2 aromatic heterocycles. The fourth-order valence-electron chi connectivity index (χ4n) is 1.96. The first-order chi connectivity index (χ1) is 8.44. The summed E-state index contributed by atoms with van der Waals surface area (Å²) in [5, 5.41) is 20.8. The van der Waals surface area contributed by atoms with Gasteiger partial charge in [-0.1, -0.05) is 20.8 Å². The highest BCUT2D eigenvalue weighted by Crippen LogP contribution is 2.42. The van der Waals surface area contributed by atoms with Crippen molar-refractivity contribution in [2.24, 2.45) is 5.41 Å². The summed E-state index contributed by atoms with van der Waals surface area (Å²) in [6.07, 6.45) is 4.19. The van der Waals surface area contributed by atoms with Crippen LogP contribution >= 0.6 is 0 Å². The van der Waals surface area contributed by atoms with Gasteiger partial charge in [-0.15, -0.1) is 0 Å². The van der Waals surface area contributed by atoms with Crippen molar-refractivity contribution < 1.29 is 10.2 Å². The molecule has 18 heavy (non-hydrogen) atoms. The van der Waals surface area contributed by atoms with E-state index in [1.165, 1.54) is 6.33 Å². The van der Waals surface area contributed by atoms with E-state index in [-0.39, 0.29) is 5.82 Å². The van der Waals surface area contributed by atoms with E-state index in [1.807, 2.05) is 20.8 Å². The average Bonchev–Trinajstić information content (AvgIpc) is 2.82. The van der Waals surface area contributed by atoms with E-state index in [1.54, 1.807) is 6.20 Å². The molecule has 0 amide bonds. The fraction of sp³-hybridized carbons (Fsp3) is 0.583. The van der Waals surface area contributed by atoms with Crippen LogP contribution in [0.5, 0.6) is 0 Å². The van der Waals surface area contributed by atoms with Gasteiger partial charge in [-0.25, -0.2) is 15.0 Å². The van der Waals surface area contributed by atoms with Crippen LogP contribution in [-0.2, 0) is 5.79 Å². The molecular formula is C12H18N4O2. The Balaban J connectivity index is 2.52. The third-order valence-electron chi connectivity index (χ3n) is 3.89. The molecule has 3 N–H and O–H groups in total. The van der Waals surface area contributed by atoms with E-state index in [0.29, 0.717) is 24.0 Å². The maximum Gasteiger partial charge on any atom is 0.228 e. The molecule has 0 bridgehead atoms. The van der Waals surface area contributed by atoms with Gasteiger partial charge in [-0.3, -0.25) is 0 Å². The third kappa shape index (κ3) is 1.77. The van der Waals surface area contributed by atoms with Crippen LogP contribution in [0.25, 0.3) is 11.2 Å². The van der Waals surface area contributed by atoms with Crippen molar-refractivity contribution >= 4 is 11.2 Å². The van der Waals surface area contributed by atoms with Crippen LogP contribution in [0.15, 0.2) is 12.5 Å². The van der Waals surface area contributed by atoms with Crippen LogP contribution in [0.1, 0.15) is 39.4 Å². The van der Waals surface area contributed by atoms with E-state index in [0.717, 1.165) is 0 Å². The van der Waals surface area contributed by atoms with Crippen molar-refractivity contribution in [1.82, 2.24) is 19.9 Å². The molecule has 0 aliphatic carbocycles. The summed E-state index contributed by atoms with van der Waals surface area (Å²) in [7, 11) is 0. The van der Waals surface area contributed by atoms with E-state index >= 15 is 0 Å². The van der Waals surface area contributed by atoms with Gasteiger partial charge in [0.15, 0.2) is 11.5 Å². The summed E-state index contributed by atoms with van der Waals surface area (Å²) in [5.74, 6) is -1.90. The van der Waals surface area contributed by atoms with Crippen LogP contribution in [0.4, 0.5) is 0 Å². The van der Waals surface area contributed by atoms with Gasteiger partial charge in [0.05, 0.1) is 6.20 Å². The lowest BCUT2D eigenvalue weighted by molar-refractivity contribution is -0.256. The van der Waals surface area contributed by atoms with Crippen LogP contribution in [0, 0.1) is 5.41 Å². The highest BCUT2D eigenvalue weighted by Gasteiger charge is 2.47. The zero-order chi connectivity index (χ0) is 13.4. The maximum absolute atomic E-state index is 10.4. The Morgan fingerprint density at radius 1 is 1.28 bits per heavy atom. The predicted molar refractivity (Wildman–Crippen MR) is 66.5 cm³/mol. The summed E-state index contributed by atoms with van der Waals surface area (Å²) < 4.78 is 0. The van der Waals surface area contributed by atoms with Gasteiger partial charge in [0.25, 0.3) is 0 Å². The molecule has 2 heterocycles. The Morgan fingerprint density at radius 2 is 1.94 bits per heavy atom. The summed E-state index contributed by atoms with van der Waals surface area (Å²) in [5.41, 5.74) is 0.352. The Labute approximate surface area is 105 Å². The van der Waals surface area contributed by atoms with Gasteiger partial charge in [-0.2, -0.15) is 0 Å². The van der Waals surface area contributed by atoms with E-state index < -0.39 is 11.2 Å². The molecule has 0 aliphatic heterocycles. The number of rotatable bonds is 4. The summed E-state index contributed by atoms with van der Waals surface area (Å²) >= 11 is 0. The standard InChI is InChI=1S/C12H18N4O2/c1-4-11(3,5-2)12(17,18)10-15-8-6-13-7-14-9(8)16-10/h6-7,17-18H,4-5H2,1-3H3,(H,13,14,15,16). The molecule has 0 fully saturated rings. The van der Waals surface area contributed by atoms with Gasteiger partial charge >= 0.3 is 0 Å². The van der Waals surface area contributed by atoms with Crippen molar-refractivity contribution in [3.8, 4) is 0 Å². The van der Waals surface area contributed by atoms with E-state index in [4.69, 9.17) is 0 Å². The number of imidazole rings is 1. The van der Waals surface area contributed by atoms with E-state index in [9.17, 15) is 10.2 Å². The molecule has 2 aromatic rings. The molecule has 0 saturated carbocycles. The minimum Gasteiger partial charge on any atom is -0.359 e. The Hall–Kier alpha value is -1.53. The molecule has 0 saturated heterocycles. The van der Waals surface area contributed by atoms with Crippen LogP contribution in [0.3, 0.4) is 0 Å². The Morgan fingerprint density at radius 3 is 2.50 bits per heavy atom. The lowest BCUT2D eigenvalue weighted by Crippen LogP contribution is -2.44. The number of hydrogen-bond donors (Lipinski definition) is 3. The van der Waals surface area contributed by atoms with Crippen LogP contribution < -0.4 is 0 Å². The second-order valence-electron chi connectivity index (χ2n) is 4.79. The number of fused-ring (bicyclic) bond motifs is 1. The molecule has 6 nitrogen and oxygen atoms in total. The first-order valence-electron chi connectivity index (χ1n) is 6.05. The number of hydrogen-bond acceptors (Lipinski definition) is 5. The number of aromatic nitrogens is 4. The number of nitrogens with zero attached hydrogens (tertiary/aromatic N) is 3. The molecule has 0 spiro atoms. The van der Waals surface area contributed by atoms with Crippen LogP contribution in [-0.4, -0.2) is 30.1 Å². The van der Waals surface area contributed by atoms with Gasteiger partial charge < -0.3 is 15.2 Å². The third-order valence-corrected chi connectivity index (χ3v) is 3.89. The summed E-state index contributed by atoms with van der Waals surface area (Å²) in [6, 6.07) is 0. The highest BCUT2D eigenvalue weighted by molar-refractivity contribution is 5.68. The normalized spacial score (nSPS) is 13.2. The Bertz CT molecular complexity index is 513. The lowest BCUT2D eigenvalue weighted by Gasteiger charge is -2.38. The quantitative estimate of drug-likeness (QED) is 0.711. The Kier molecular flexibility index (Phi) is 3.08. The minimum atomic E-state index is -2.02. The zero-order valence-electron chi connectivity index (χ0n) is 10.8. The summed E-state index contributed by atoms with van der Waals surface area (Å²) in [4.78, 5) is 14.9. The summed E-state index contributed by atoms with van der Waals surface area (Å²) in [6.45, 7) is 5.67. The number of nitrogens with one attached hydrogen (secondary N) is 1. The van der Waals surface area contributed by atoms with Crippen molar-refractivity contribution in [2.45, 2.75) is 39.4 Å². The maximum atomic E-state index is 10.4. The fourth-order valence-corrected chi connectivity index (χ4v) is 1.96. The molecule has 0 aliphatic rings. The van der Waals surface area contributed by atoms with Crippen molar-refractivity contribution in [3.05, 3.63) is 18.3 Å². The number of H-pyrrole nitrogens is 1. The van der Waals surface area contributed by atoms with E-state index in [2.05, 4.69) is 19.9 Å². The predicted octanol–water partition coefficient (Wildman–Crippen LogP) is 1.32. The average molecular weight is 250 g/mol. The minimum absolute atomic E-state index is 0.115. The second kappa shape index (κ2) is 4.29. The first-order valence-corrected chi connectivity index (χ1v) is 6.05. The molecule has 0 radical (unpaired) electrons. The smallest absolute Gasteiger partial charge is 0.228 e. The SMILES string of the molecule is CCC(C)(CC)C(O)(O)c1nc2ncncc2[nH]1. The van der Waals surface area contributed by atoms with Crippen molar-refractivity contribution in [3.63, 3.8) is 0 Å². The zero-order valence-corrected chi connectivity index (χ0v) is 10.8. The van der Waals surface area contributed by atoms with Gasteiger partial charge in [-0.05, 0) is 12.8 Å². The van der Waals surface area contributed by atoms with Crippen molar-refractivity contribution in [2.75, 3.05) is 0 Å². The van der Waals surface area contributed by atoms with Crippen molar-refractivity contribution in [1.29, 1.82) is 0 Å². The number of aromatic amines is 1. The molecule has 0 unspecified atom stereocenters. The second-order valence-corrected chi connectivity index (χ2v) is 4.79. The molecule has 2 rings (SSSR count). The molecule has 98 valence electrons. The lowest BCUT2D eigenvalue weighted by atomic mass is 9.76. The molecule has 6 heteroatoms. The first kappa shape index (κ1) is 12.9. The topological polar surface area (TPSA) is 94.9 Å². The highest BCUT2D eigenvalue weighted by atomic mass is 16.5. The largest absolute Gasteiger partial charge is 0.359 e. The monoisotopic (exact) mass is 250 g/mol. The van der Waals surface area contributed by atoms with Gasteiger partial charge in [0, 0.05) is 5.41 Å². The van der Waals surface area contributed by atoms with Crippen LogP contribution in [0.2, 0.25) is 0 Å². The molecule has 0 atom stereocenters. The molecule has 0 aromatic carbocycles. The number of aliphatic hydroxyl groups is 2. The van der Waals surface area contributed by atoms with Gasteiger partial charge in [0.1, 0.15) is 11.8 Å². The van der Waals surface area contributed by atoms with Gasteiger partial charge in [0.2, 0.25) is 5.79 Å².